The molecule has 1 aromatic heterocycles. The molecule has 2 aromatic rings. The van der Waals surface area contributed by atoms with Crippen molar-refractivity contribution in [3.05, 3.63) is 42.2 Å². The largest absolute Gasteiger partial charge is 0.295 e. The molecule has 0 radical (unpaired) electrons. The Bertz CT molecular complexity index is 553. The minimum Gasteiger partial charge on any atom is -0.295 e. The number of aromatic nitrogens is 2. The predicted octanol–water partition coefficient (Wildman–Crippen LogP) is 2.03. The first kappa shape index (κ1) is 11.2. The van der Waals surface area contributed by atoms with Crippen molar-refractivity contribution >= 4 is 5.82 Å². The number of hydrogen-bond acceptors (Lipinski definition) is 4. The highest BCUT2D eigenvalue weighted by molar-refractivity contribution is 5.69. The third kappa shape index (κ3) is 1.84. The Morgan fingerprint density at radius 1 is 1.22 bits per heavy atom. The van der Waals surface area contributed by atoms with E-state index >= 15 is 0 Å². The molecule has 0 amide bonds. The van der Waals surface area contributed by atoms with Crippen LogP contribution in [0.4, 0.5) is 5.82 Å². The zero-order valence-corrected chi connectivity index (χ0v) is 10.6. The zero-order chi connectivity index (χ0) is 12.5. The van der Waals surface area contributed by atoms with Crippen LogP contribution in [0.5, 0.6) is 0 Å². The van der Waals surface area contributed by atoms with Crippen LogP contribution in [0.15, 0.2) is 36.7 Å². The van der Waals surface area contributed by atoms with Crippen LogP contribution in [0.1, 0.15) is 12.5 Å². The highest BCUT2D eigenvalue weighted by Crippen LogP contribution is 2.30. The Kier molecular flexibility index (Phi) is 2.72. The lowest BCUT2D eigenvalue weighted by atomic mass is 9.99. The minimum absolute atomic E-state index is 0.399. The second-order valence-electron chi connectivity index (χ2n) is 4.68. The summed E-state index contributed by atoms with van der Waals surface area (Å²) in [6, 6.07) is 10.7. The predicted molar refractivity (Wildman–Crippen MR) is 72.2 cm³/mol. The van der Waals surface area contributed by atoms with Gasteiger partial charge in [-0.2, -0.15) is 0 Å². The number of hydrazine groups is 1. The quantitative estimate of drug-likeness (QED) is 0.828. The van der Waals surface area contributed by atoms with Gasteiger partial charge >= 0.3 is 0 Å². The summed E-state index contributed by atoms with van der Waals surface area (Å²) in [6.07, 6.45) is 2.58. The van der Waals surface area contributed by atoms with Crippen molar-refractivity contribution in [1.82, 2.24) is 15.4 Å². The minimum atomic E-state index is 0.399. The summed E-state index contributed by atoms with van der Waals surface area (Å²) in [7, 11) is 2.00. The molecule has 1 aromatic carbocycles. The molecule has 0 fully saturated rings. The normalized spacial score (nSPS) is 18.6. The summed E-state index contributed by atoms with van der Waals surface area (Å²) in [6.45, 7) is 2.17. The van der Waals surface area contributed by atoms with Gasteiger partial charge in [-0.05, 0) is 13.3 Å². The number of hydrogen-bond donors (Lipinski definition) is 1. The molecule has 1 aliphatic rings. The van der Waals surface area contributed by atoms with E-state index in [0.29, 0.717) is 6.04 Å². The molecule has 4 nitrogen and oxygen atoms in total. The molecule has 92 valence electrons. The highest BCUT2D eigenvalue weighted by Gasteiger charge is 2.23. The van der Waals surface area contributed by atoms with Crippen LogP contribution in [-0.2, 0) is 6.42 Å². The second kappa shape index (κ2) is 4.38. The maximum absolute atomic E-state index is 4.47. The standard InChI is InChI=1S/C14H16N4/c1-10-8-12-13(11-6-4-3-5-7-11)15-9-16-14(12)18(2)17-10/h3-7,9-10,17H,8H2,1-2H3/t10-/m0/s1. The molecule has 4 heteroatoms. The molecule has 0 aliphatic carbocycles. The first-order valence-electron chi connectivity index (χ1n) is 6.15. The van der Waals surface area contributed by atoms with Crippen molar-refractivity contribution in [3.63, 3.8) is 0 Å². The van der Waals surface area contributed by atoms with Crippen molar-refractivity contribution in [1.29, 1.82) is 0 Å². The lowest BCUT2D eigenvalue weighted by Crippen LogP contribution is -2.46. The lowest BCUT2D eigenvalue weighted by Gasteiger charge is -2.32. The van der Waals surface area contributed by atoms with Crippen molar-refractivity contribution in [2.75, 3.05) is 12.1 Å². The molecule has 3 rings (SSSR count). The van der Waals surface area contributed by atoms with Crippen LogP contribution in [0.25, 0.3) is 11.3 Å². The first-order chi connectivity index (χ1) is 8.75. The van der Waals surface area contributed by atoms with E-state index in [1.54, 1.807) is 6.33 Å². The number of rotatable bonds is 1. The lowest BCUT2D eigenvalue weighted by molar-refractivity contribution is 0.508. The van der Waals surface area contributed by atoms with E-state index in [2.05, 4.69) is 34.5 Å². The SMILES string of the molecule is C[C@H]1Cc2c(-c3ccccc3)ncnc2N(C)N1. The summed E-state index contributed by atoms with van der Waals surface area (Å²) in [5.41, 5.74) is 6.77. The maximum atomic E-state index is 4.47. The van der Waals surface area contributed by atoms with Crippen molar-refractivity contribution < 1.29 is 0 Å². The fourth-order valence-electron chi connectivity index (χ4n) is 2.47. The Morgan fingerprint density at radius 2 is 2.00 bits per heavy atom. The van der Waals surface area contributed by atoms with E-state index in [1.807, 2.05) is 30.3 Å². The first-order valence-corrected chi connectivity index (χ1v) is 6.15. The van der Waals surface area contributed by atoms with Crippen LogP contribution in [0.2, 0.25) is 0 Å². The zero-order valence-electron chi connectivity index (χ0n) is 10.6. The number of benzene rings is 1. The van der Waals surface area contributed by atoms with Crippen molar-refractivity contribution in [2.45, 2.75) is 19.4 Å². The van der Waals surface area contributed by atoms with Gasteiger partial charge < -0.3 is 0 Å². The summed E-state index contributed by atoms with van der Waals surface area (Å²) in [4.78, 5) is 8.84. The smallest absolute Gasteiger partial charge is 0.149 e. The van der Waals surface area contributed by atoms with Gasteiger partial charge in [0, 0.05) is 24.2 Å². The van der Waals surface area contributed by atoms with Gasteiger partial charge in [-0.15, -0.1) is 0 Å². The Morgan fingerprint density at radius 3 is 2.78 bits per heavy atom. The number of nitrogens with one attached hydrogen (secondary N) is 1. The van der Waals surface area contributed by atoms with Crippen molar-refractivity contribution in [3.8, 4) is 11.3 Å². The summed E-state index contributed by atoms with van der Waals surface area (Å²) >= 11 is 0. The van der Waals surface area contributed by atoms with Gasteiger partial charge in [0.15, 0.2) is 0 Å². The molecule has 0 unspecified atom stereocenters. The van der Waals surface area contributed by atoms with Gasteiger partial charge in [0.25, 0.3) is 0 Å². The van der Waals surface area contributed by atoms with Crippen LogP contribution >= 0.6 is 0 Å². The average molecular weight is 240 g/mol. The van der Waals surface area contributed by atoms with Gasteiger partial charge in [0.05, 0.1) is 5.69 Å². The molecule has 0 saturated heterocycles. The maximum Gasteiger partial charge on any atom is 0.149 e. The van der Waals surface area contributed by atoms with Gasteiger partial charge in [0.2, 0.25) is 0 Å². The molecule has 2 heterocycles. The third-order valence-corrected chi connectivity index (χ3v) is 3.21. The molecule has 1 N–H and O–H groups in total. The van der Waals surface area contributed by atoms with Crippen molar-refractivity contribution in [2.24, 2.45) is 0 Å². The molecular formula is C14H16N4. The van der Waals surface area contributed by atoms with Crippen LogP contribution in [0.3, 0.4) is 0 Å². The Balaban J connectivity index is 2.15. The second-order valence-corrected chi connectivity index (χ2v) is 4.68. The molecule has 18 heavy (non-hydrogen) atoms. The monoisotopic (exact) mass is 240 g/mol. The van der Waals surface area contributed by atoms with E-state index in [9.17, 15) is 0 Å². The topological polar surface area (TPSA) is 41.1 Å². The average Bonchev–Trinajstić information content (AvgIpc) is 2.39. The molecule has 0 spiro atoms. The Labute approximate surface area is 107 Å². The van der Waals surface area contributed by atoms with E-state index in [0.717, 1.165) is 23.5 Å². The summed E-state index contributed by atoms with van der Waals surface area (Å²) in [5, 5.41) is 1.98. The van der Waals surface area contributed by atoms with Gasteiger partial charge in [-0.1, -0.05) is 30.3 Å². The Hall–Kier alpha value is -1.94. The van der Waals surface area contributed by atoms with E-state index < -0.39 is 0 Å². The molecule has 1 aliphatic heterocycles. The van der Waals surface area contributed by atoms with Gasteiger partial charge in [-0.25, -0.2) is 15.4 Å². The molecular weight excluding hydrogens is 224 g/mol. The summed E-state index contributed by atoms with van der Waals surface area (Å²) < 4.78 is 0. The van der Waals surface area contributed by atoms with Gasteiger partial charge in [0.1, 0.15) is 12.1 Å². The van der Waals surface area contributed by atoms with Gasteiger partial charge in [-0.3, -0.25) is 5.01 Å². The molecule has 0 bridgehead atoms. The van der Waals surface area contributed by atoms with E-state index in [4.69, 9.17) is 0 Å². The van der Waals surface area contributed by atoms with E-state index in [1.165, 1.54) is 5.56 Å². The third-order valence-electron chi connectivity index (χ3n) is 3.21. The van der Waals surface area contributed by atoms with Crippen LogP contribution < -0.4 is 10.4 Å². The number of anilines is 1. The van der Waals surface area contributed by atoms with Crippen LogP contribution in [-0.4, -0.2) is 23.1 Å². The van der Waals surface area contributed by atoms with Crippen LogP contribution in [0, 0.1) is 0 Å². The van der Waals surface area contributed by atoms with E-state index in [-0.39, 0.29) is 0 Å². The molecule has 1 atom stereocenters. The highest BCUT2D eigenvalue weighted by atomic mass is 15.5. The number of nitrogens with zero attached hydrogens (tertiary/aromatic N) is 3. The number of fused-ring (bicyclic) bond motifs is 1. The fraction of sp³-hybridized carbons (Fsp3) is 0.286. The molecule has 0 saturated carbocycles. The fourth-order valence-corrected chi connectivity index (χ4v) is 2.47. The summed E-state index contributed by atoms with van der Waals surface area (Å²) in [5.74, 6) is 0.974.